The largest absolute Gasteiger partial charge is 0.326 e. The summed E-state index contributed by atoms with van der Waals surface area (Å²) in [6.45, 7) is 14.3. The molecule has 0 unspecified atom stereocenters. The molecule has 0 spiro atoms. The lowest BCUT2D eigenvalue weighted by Gasteiger charge is -2.25. The second-order valence-electron chi connectivity index (χ2n) is 11.2. The second kappa shape index (κ2) is 11.4. The molecule has 1 aliphatic rings. The van der Waals surface area contributed by atoms with Gasteiger partial charge in [-0.15, -0.1) is 0 Å². The molecule has 9 nitrogen and oxygen atoms in total. The van der Waals surface area contributed by atoms with Crippen LogP contribution >= 0.6 is 0 Å². The highest BCUT2D eigenvalue weighted by atomic mass is 15.4. The topological polar surface area (TPSA) is 80.8 Å². The Bertz CT molecular complexity index is 1660. The van der Waals surface area contributed by atoms with Crippen molar-refractivity contribution in [1.82, 2.24) is 34.5 Å². The normalized spacial score (nSPS) is 13.0. The average molecular weight is 562 g/mol. The molecule has 0 aliphatic carbocycles. The van der Waals surface area contributed by atoms with Gasteiger partial charge in [-0.2, -0.15) is 25.1 Å². The van der Waals surface area contributed by atoms with Crippen LogP contribution < -0.4 is 9.80 Å². The molecular weight excluding hydrogens is 522 g/mol. The summed E-state index contributed by atoms with van der Waals surface area (Å²) in [4.78, 5) is 19.6. The number of nitrogens with zero attached hydrogens (tertiary/aromatic N) is 9. The van der Waals surface area contributed by atoms with Crippen LogP contribution in [0.4, 0.5) is 11.4 Å². The van der Waals surface area contributed by atoms with E-state index in [1.54, 1.807) is 9.36 Å². The smallest absolute Gasteiger partial charge is 0.256 e. The van der Waals surface area contributed by atoms with Crippen molar-refractivity contribution in [1.29, 1.82) is 0 Å². The molecule has 5 aromatic rings. The number of aromatic nitrogens is 7. The van der Waals surface area contributed by atoms with Crippen molar-refractivity contribution >= 4 is 28.2 Å². The Morgan fingerprint density at radius 1 is 0.643 bits per heavy atom. The molecule has 0 bridgehead atoms. The molecular formula is C33H39N9. The molecule has 216 valence electrons. The minimum Gasteiger partial charge on any atom is -0.326 e. The number of unbranched alkanes of at least 4 members (excludes halogenated alkanes) is 2. The SMILES string of the molecule is CCCCN1C(=Cc2nc(-n3nc(C)cc3C)nc(-n3nc(C)cc3C)n2)N(CCCC)c2cc3ccccc3cc21. The van der Waals surface area contributed by atoms with Crippen molar-refractivity contribution in [3.05, 3.63) is 83.0 Å². The number of hydrogen-bond acceptors (Lipinski definition) is 7. The summed E-state index contributed by atoms with van der Waals surface area (Å²) in [6, 6.07) is 17.3. The number of anilines is 2. The van der Waals surface area contributed by atoms with Gasteiger partial charge in [0.15, 0.2) is 5.82 Å². The molecule has 3 aromatic heterocycles. The zero-order valence-electron chi connectivity index (χ0n) is 25.5. The highest BCUT2D eigenvalue weighted by Gasteiger charge is 2.31. The van der Waals surface area contributed by atoms with E-state index in [4.69, 9.17) is 15.0 Å². The summed E-state index contributed by atoms with van der Waals surface area (Å²) in [7, 11) is 0. The standard InChI is InChI=1S/C33H39N9/c1-7-9-15-39-28-19-26-13-11-12-14-27(26)20-29(28)40(16-10-8-2)31(39)21-30-34-32(41-24(5)17-22(3)37-41)36-33(35-30)42-25(6)18-23(4)38-42/h11-14,17-21H,7-10,15-16H2,1-6H3. The maximum atomic E-state index is 4.96. The first-order chi connectivity index (χ1) is 20.4. The number of rotatable bonds is 9. The van der Waals surface area contributed by atoms with Gasteiger partial charge in [-0.3, -0.25) is 0 Å². The van der Waals surface area contributed by atoms with Gasteiger partial charge < -0.3 is 9.80 Å². The first kappa shape index (κ1) is 27.6. The molecule has 9 heteroatoms. The van der Waals surface area contributed by atoms with Crippen LogP contribution in [0.15, 0.2) is 54.4 Å². The van der Waals surface area contributed by atoms with Gasteiger partial charge in [0.05, 0.1) is 22.8 Å². The molecule has 42 heavy (non-hydrogen) atoms. The fraction of sp³-hybridized carbons (Fsp3) is 0.364. The Morgan fingerprint density at radius 3 is 1.52 bits per heavy atom. The highest BCUT2D eigenvalue weighted by molar-refractivity contribution is 5.97. The predicted octanol–water partition coefficient (Wildman–Crippen LogP) is 6.86. The lowest BCUT2D eigenvalue weighted by Crippen LogP contribution is -2.30. The summed E-state index contributed by atoms with van der Waals surface area (Å²) < 4.78 is 3.57. The summed E-state index contributed by atoms with van der Waals surface area (Å²) >= 11 is 0. The van der Waals surface area contributed by atoms with Gasteiger partial charge in [-0.25, -0.2) is 9.36 Å². The molecule has 0 amide bonds. The molecule has 0 atom stereocenters. The van der Waals surface area contributed by atoms with Crippen LogP contribution in [-0.4, -0.2) is 47.6 Å². The molecule has 0 saturated carbocycles. The average Bonchev–Trinajstić information content (AvgIpc) is 3.59. The Labute approximate surface area is 247 Å². The summed E-state index contributed by atoms with van der Waals surface area (Å²) in [5.41, 5.74) is 6.22. The second-order valence-corrected chi connectivity index (χ2v) is 11.2. The molecule has 6 rings (SSSR count). The Morgan fingerprint density at radius 2 is 1.12 bits per heavy atom. The van der Waals surface area contributed by atoms with Crippen LogP contribution in [0.25, 0.3) is 28.7 Å². The van der Waals surface area contributed by atoms with E-state index in [-0.39, 0.29) is 0 Å². The monoisotopic (exact) mass is 561 g/mol. The van der Waals surface area contributed by atoms with Crippen molar-refractivity contribution in [3.63, 3.8) is 0 Å². The minimum absolute atomic E-state index is 0.478. The van der Waals surface area contributed by atoms with Crippen molar-refractivity contribution in [2.24, 2.45) is 0 Å². The molecule has 4 heterocycles. The van der Waals surface area contributed by atoms with Crippen LogP contribution in [0.2, 0.25) is 0 Å². The Balaban J connectivity index is 1.55. The lowest BCUT2D eigenvalue weighted by molar-refractivity contribution is 0.712. The van der Waals surface area contributed by atoms with Crippen LogP contribution in [0.1, 0.15) is 68.1 Å². The van der Waals surface area contributed by atoms with Gasteiger partial charge in [0, 0.05) is 30.6 Å². The molecule has 1 aliphatic heterocycles. The molecule has 0 fully saturated rings. The fourth-order valence-electron chi connectivity index (χ4n) is 5.70. The summed E-state index contributed by atoms with van der Waals surface area (Å²) in [5.74, 6) is 2.62. The minimum atomic E-state index is 0.478. The first-order valence-electron chi connectivity index (χ1n) is 15.0. The van der Waals surface area contributed by atoms with Crippen LogP contribution in [0.5, 0.6) is 0 Å². The third-order valence-corrected chi connectivity index (χ3v) is 7.73. The van der Waals surface area contributed by atoms with Crippen molar-refractivity contribution < 1.29 is 0 Å². The van der Waals surface area contributed by atoms with E-state index in [0.29, 0.717) is 17.7 Å². The predicted molar refractivity (Wildman–Crippen MR) is 169 cm³/mol. The van der Waals surface area contributed by atoms with Crippen LogP contribution in [0.3, 0.4) is 0 Å². The number of aryl methyl sites for hydroxylation is 4. The summed E-state index contributed by atoms with van der Waals surface area (Å²) in [5, 5.41) is 11.9. The van der Waals surface area contributed by atoms with E-state index in [2.05, 4.69) is 76.3 Å². The Hall–Kier alpha value is -4.53. The zero-order chi connectivity index (χ0) is 29.4. The Kier molecular flexibility index (Phi) is 7.49. The summed E-state index contributed by atoms with van der Waals surface area (Å²) in [6.07, 6.45) is 6.49. The van der Waals surface area contributed by atoms with E-state index in [1.807, 2.05) is 39.8 Å². The van der Waals surface area contributed by atoms with Gasteiger partial charge in [0.1, 0.15) is 5.82 Å². The van der Waals surface area contributed by atoms with E-state index >= 15 is 0 Å². The van der Waals surface area contributed by atoms with Gasteiger partial charge >= 0.3 is 0 Å². The third kappa shape index (κ3) is 5.15. The highest BCUT2D eigenvalue weighted by Crippen LogP contribution is 2.45. The molecule has 0 N–H and O–H groups in total. The first-order valence-corrected chi connectivity index (χ1v) is 15.0. The van der Waals surface area contributed by atoms with Crippen LogP contribution in [0, 0.1) is 27.7 Å². The maximum absolute atomic E-state index is 4.96. The van der Waals surface area contributed by atoms with Gasteiger partial charge in [0.25, 0.3) is 11.9 Å². The molecule has 0 radical (unpaired) electrons. The van der Waals surface area contributed by atoms with Crippen molar-refractivity contribution in [3.8, 4) is 11.9 Å². The molecule has 2 aromatic carbocycles. The third-order valence-electron chi connectivity index (χ3n) is 7.73. The maximum Gasteiger partial charge on any atom is 0.256 e. The number of benzene rings is 2. The van der Waals surface area contributed by atoms with Gasteiger partial charge in [-0.1, -0.05) is 51.0 Å². The van der Waals surface area contributed by atoms with Crippen molar-refractivity contribution in [2.45, 2.75) is 67.2 Å². The van der Waals surface area contributed by atoms with Crippen LogP contribution in [-0.2, 0) is 0 Å². The fourth-order valence-corrected chi connectivity index (χ4v) is 5.70. The van der Waals surface area contributed by atoms with Gasteiger partial charge in [-0.05, 0) is 75.6 Å². The molecule has 0 saturated heterocycles. The van der Waals surface area contributed by atoms with E-state index in [9.17, 15) is 0 Å². The van der Waals surface area contributed by atoms with E-state index in [0.717, 1.165) is 67.4 Å². The quantitative estimate of drug-likeness (QED) is 0.195. The van der Waals surface area contributed by atoms with E-state index < -0.39 is 0 Å². The lowest BCUT2D eigenvalue weighted by atomic mass is 10.1. The number of hydrogen-bond donors (Lipinski definition) is 0. The van der Waals surface area contributed by atoms with E-state index in [1.165, 1.54) is 22.1 Å². The van der Waals surface area contributed by atoms with Gasteiger partial charge in [0.2, 0.25) is 0 Å². The number of fused-ring (bicyclic) bond motifs is 2. The van der Waals surface area contributed by atoms with Crippen molar-refractivity contribution in [2.75, 3.05) is 22.9 Å². The zero-order valence-corrected chi connectivity index (χ0v) is 25.5.